The van der Waals surface area contributed by atoms with Gasteiger partial charge in [0.2, 0.25) is 0 Å². The van der Waals surface area contributed by atoms with E-state index in [0.717, 1.165) is 5.33 Å². The van der Waals surface area contributed by atoms with E-state index in [1.165, 1.54) is 27.1 Å². The first-order chi connectivity index (χ1) is 8.90. The van der Waals surface area contributed by atoms with Crippen LogP contribution >= 0.6 is 15.9 Å². The molecule has 0 aliphatic carbocycles. The molecule has 0 fully saturated rings. The lowest BCUT2D eigenvalue weighted by Crippen LogP contribution is -1.82. The van der Waals surface area contributed by atoms with Crippen LogP contribution < -0.4 is 0 Å². The smallest absolute Gasteiger partial charge is 0.0215 e. The van der Waals surface area contributed by atoms with E-state index >= 15 is 0 Å². The first-order valence-electron chi connectivity index (χ1n) is 6.03. The fourth-order valence-electron chi connectivity index (χ4n) is 2.39. The fourth-order valence-corrected chi connectivity index (χ4v) is 2.58. The molecule has 3 rings (SSSR count). The highest BCUT2D eigenvalue weighted by Crippen LogP contribution is 2.29. The summed E-state index contributed by atoms with van der Waals surface area (Å²) >= 11 is 3.43. The average molecular weight is 297 g/mol. The van der Waals surface area contributed by atoms with Gasteiger partial charge in [-0.15, -0.1) is 0 Å². The third-order valence-corrected chi connectivity index (χ3v) is 3.56. The molecule has 0 bridgehead atoms. The van der Waals surface area contributed by atoms with Crippen molar-refractivity contribution in [1.29, 1.82) is 0 Å². The lowest BCUT2D eigenvalue weighted by molar-refractivity contribution is 1.72. The number of hydrogen-bond donors (Lipinski definition) is 0. The standard InChI is InChI=1S/C17H13Br/c18-11-5-7-14-12-13-6-1-2-8-15(13)17-10-4-3-9-16(14)17/h1-10,12H,11H2. The molecule has 0 nitrogen and oxygen atoms in total. The minimum atomic E-state index is 0.883. The molecular formula is C17H13Br. The van der Waals surface area contributed by atoms with Crippen LogP contribution in [-0.4, -0.2) is 5.33 Å². The van der Waals surface area contributed by atoms with Crippen molar-refractivity contribution < 1.29 is 0 Å². The van der Waals surface area contributed by atoms with E-state index < -0.39 is 0 Å². The van der Waals surface area contributed by atoms with Gasteiger partial charge in [0.25, 0.3) is 0 Å². The molecule has 18 heavy (non-hydrogen) atoms. The molecule has 0 saturated heterocycles. The van der Waals surface area contributed by atoms with Gasteiger partial charge >= 0.3 is 0 Å². The Balaban J connectivity index is 2.42. The highest BCUT2D eigenvalue weighted by Gasteiger charge is 2.03. The van der Waals surface area contributed by atoms with Crippen LogP contribution in [0.3, 0.4) is 0 Å². The second-order valence-electron chi connectivity index (χ2n) is 4.29. The minimum absolute atomic E-state index is 0.883. The molecule has 0 spiro atoms. The van der Waals surface area contributed by atoms with Crippen LogP contribution in [0.1, 0.15) is 5.56 Å². The third-order valence-electron chi connectivity index (χ3n) is 3.19. The lowest BCUT2D eigenvalue weighted by atomic mass is 9.97. The van der Waals surface area contributed by atoms with E-state index in [4.69, 9.17) is 0 Å². The van der Waals surface area contributed by atoms with E-state index in [1.54, 1.807) is 0 Å². The van der Waals surface area contributed by atoms with Gasteiger partial charge in [0, 0.05) is 5.33 Å². The van der Waals surface area contributed by atoms with Gasteiger partial charge in [0.15, 0.2) is 0 Å². The molecule has 0 aliphatic rings. The maximum absolute atomic E-state index is 3.43. The van der Waals surface area contributed by atoms with Gasteiger partial charge in [0.1, 0.15) is 0 Å². The number of alkyl halides is 1. The van der Waals surface area contributed by atoms with Crippen molar-refractivity contribution in [3.63, 3.8) is 0 Å². The van der Waals surface area contributed by atoms with Crippen LogP contribution in [-0.2, 0) is 0 Å². The van der Waals surface area contributed by atoms with Gasteiger partial charge in [-0.1, -0.05) is 76.6 Å². The number of halogens is 1. The highest BCUT2D eigenvalue weighted by atomic mass is 79.9. The molecule has 3 aromatic carbocycles. The SMILES string of the molecule is BrCC=Cc1cc2ccccc2c2ccccc12. The fraction of sp³-hybridized carbons (Fsp3) is 0.0588. The van der Waals surface area contributed by atoms with E-state index in [2.05, 4.69) is 82.7 Å². The minimum Gasteiger partial charge on any atom is -0.0883 e. The summed E-state index contributed by atoms with van der Waals surface area (Å²) in [6.07, 6.45) is 4.32. The van der Waals surface area contributed by atoms with Crippen molar-refractivity contribution in [2.45, 2.75) is 0 Å². The van der Waals surface area contributed by atoms with Gasteiger partial charge in [-0.25, -0.2) is 0 Å². The summed E-state index contributed by atoms with van der Waals surface area (Å²) < 4.78 is 0. The maximum atomic E-state index is 3.43. The Kier molecular flexibility index (Phi) is 3.16. The average Bonchev–Trinajstić information content (AvgIpc) is 2.45. The maximum Gasteiger partial charge on any atom is 0.0215 e. The zero-order valence-corrected chi connectivity index (χ0v) is 11.5. The summed E-state index contributed by atoms with van der Waals surface area (Å²) in [4.78, 5) is 0. The monoisotopic (exact) mass is 296 g/mol. The molecule has 0 amide bonds. The quantitative estimate of drug-likeness (QED) is 0.439. The molecule has 0 atom stereocenters. The number of fused-ring (bicyclic) bond motifs is 3. The summed E-state index contributed by atoms with van der Waals surface area (Å²) in [6, 6.07) is 19.4. The normalized spacial score (nSPS) is 11.6. The Bertz CT molecular complexity index is 726. The third kappa shape index (κ3) is 1.95. The Labute approximate surface area is 115 Å². The van der Waals surface area contributed by atoms with Gasteiger partial charge in [-0.3, -0.25) is 0 Å². The van der Waals surface area contributed by atoms with E-state index in [0.29, 0.717) is 0 Å². The molecule has 0 aliphatic heterocycles. The Hall–Kier alpha value is -1.60. The van der Waals surface area contributed by atoms with Gasteiger partial charge in [-0.2, -0.15) is 0 Å². The molecule has 1 heteroatoms. The Morgan fingerprint density at radius 3 is 2.28 bits per heavy atom. The van der Waals surface area contributed by atoms with Crippen molar-refractivity contribution in [3.05, 3.63) is 66.2 Å². The molecule has 88 valence electrons. The van der Waals surface area contributed by atoms with Crippen LogP contribution in [0.2, 0.25) is 0 Å². The van der Waals surface area contributed by atoms with E-state index in [-0.39, 0.29) is 0 Å². The van der Waals surface area contributed by atoms with Crippen LogP contribution in [0, 0.1) is 0 Å². The van der Waals surface area contributed by atoms with Gasteiger partial charge in [-0.05, 0) is 33.2 Å². The number of allylic oxidation sites excluding steroid dienone is 1. The molecule has 3 aromatic rings. The van der Waals surface area contributed by atoms with Crippen molar-refractivity contribution in [1.82, 2.24) is 0 Å². The van der Waals surface area contributed by atoms with Crippen LogP contribution in [0.25, 0.3) is 27.6 Å². The molecule has 0 unspecified atom stereocenters. The summed E-state index contributed by atoms with van der Waals surface area (Å²) in [5.74, 6) is 0. The predicted molar refractivity (Wildman–Crippen MR) is 84.3 cm³/mol. The molecule has 0 aromatic heterocycles. The summed E-state index contributed by atoms with van der Waals surface area (Å²) in [5.41, 5.74) is 1.28. The largest absolute Gasteiger partial charge is 0.0883 e. The molecule has 0 N–H and O–H groups in total. The van der Waals surface area contributed by atoms with Crippen LogP contribution in [0.5, 0.6) is 0 Å². The summed E-state index contributed by atoms with van der Waals surface area (Å²) in [5, 5.41) is 6.14. The van der Waals surface area contributed by atoms with Crippen LogP contribution in [0.15, 0.2) is 60.7 Å². The van der Waals surface area contributed by atoms with Crippen LogP contribution in [0.4, 0.5) is 0 Å². The van der Waals surface area contributed by atoms with Crippen molar-refractivity contribution in [2.24, 2.45) is 0 Å². The summed E-state index contributed by atoms with van der Waals surface area (Å²) in [6.45, 7) is 0. The molecule has 0 heterocycles. The number of benzene rings is 3. The first kappa shape index (κ1) is 11.5. The predicted octanol–water partition coefficient (Wildman–Crippen LogP) is 5.40. The van der Waals surface area contributed by atoms with Gasteiger partial charge in [0.05, 0.1) is 0 Å². The Morgan fingerprint density at radius 1 is 0.833 bits per heavy atom. The number of rotatable bonds is 2. The topological polar surface area (TPSA) is 0 Å². The lowest BCUT2D eigenvalue weighted by Gasteiger charge is -2.07. The zero-order chi connectivity index (χ0) is 12.4. The van der Waals surface area contributed by atoms with Crippen molar-refractivity contribution in [3.8, 4) is 0 Å². The number of hydrogen-bond acceptors (Lipinski definition) is 0. The molecule has 0 radical (unpaired) electrons. The van der Waals surface area contributed by atoms with E-state index in [9.17, 15) is 0 Å². The van der Waals surface area contributed by atoms with Crippen molar-refractivity contribution >= 4 is 43.6 Å². The highest BCUT2D eigenvalue weighted by molar-refractivity contribution is 9.09. The zero-order valence-electron chi connectivity index (χ0n) is 9.94. The Morgan fingerprint density at radius 2 is 1.50 bits per heavy atom. The van der Waals surface area contributed by atoms with Gasteiger partial charge < -0.3 is 0 Å². The second kappa shape index (κ2) is 4.95. The molecule has 0 saturated carbocycles. The first-order valence-corrected chi connectivity index (χ1v) is 7.15. The summed E-state index contributed by atoms with van der Waals surface area (Å²) in [7, 11) is 0. The van der Waals surface area contributed by atoms with Crippen molar-refractivity contribution in [2.75, 3.05) is 5.33 Å². The second-order valence-corrected chi connectivity index (χ2v) is 4.94. The van der Waals surface area contributed by atoms with E-state index in [1.807, 2.05) is 0 Å². The molecular weight excluding hydrogens is 284 g/mol.